The van der Waals surface area contributed by atoms with E-state index in [1.807, 2.05) is 12.1 Å². The minimum Gasteiger partial charge on any atom is -0.497 e. The molecule has 1 amide bonds. The molecule has 0 atom stereocenters. The van der Waals surface area contributed by atoms with Gasteiger partial charge in [0, 0.05) is 12.1 Å². The van der Waals surface area contributed by atoms with E-state index in [-0.39, 0.29) is 11.7 Å². The van der Waals surface area contributed by atoms with Crippen LogP contribution in [-0.2, 0) is 11.2 Å². The molecule has 22 heavy (non-hydrogen) atoms. The van der Waals surface area contributed by atoms with Crippen molar-refractivity contribution in [3.05, 3.63) is 53.8 Å². The summed E-state index contributed by atoms with van der Waals surface area (Å²) in [7, 11) is 3.18. The summed E-state index contributed by atoms with van der Waals surface area (Å²) in [5, 5.41) is 2.73. The SMILES string of the molecule is COc1ccc(OC)c(CCC(=O)Nc2ccc(F)cc2)c1. The number of halogens is 1. The number of carbonyl (C=O) groups is 1. The number of amides is 1. The van der Waals surface area contributed by atoms with Gasteiger partial charge < -0.3 is 14.8 Å². The predicted octanol–water partition coefficient (Wildman–Crippen LogP) is 3.41. The lowest BCUT2D eigenvalue weighted by Gasteiger charge is -2.10. The fourth-order valence-corrected chi connectivity index (χ4v) is 2.08. The third-order valence-electron chi connectivity index (χ3n) is 3.24. The lowest BCUT2D eigenvalue weighted by Crippen LogP contribution is -2.12. The second-order valence-electron chi connectivity index (χ2n) is 4.73. The Balaban J connectivity index is 1.97. The maximum Gasteiger partial charge on any atom is 0.224 e. The number of nitrogens with one attached hydrogen (secondary N) is 1. The van der Waals surface area contributed by atoms with Crippen LogP contribution in [0.2, 0.25) is 0 Å². The van der Waals surface area contributed by atoms with Crippen LogP contribution in [0.1, 0.15) is 12.0 Å². The number of hydrogen-bond acceptors (Lipinski definition) is 3. The number of carbonyl (C=O) groups excluding carboxylic acids is 1. The van der Waals surface area contributed by atoms with Gasteiger partial charge in [-0.15, -0.1) is 0 Å². The quantitative estimate of drug-likeness (QED) is 0.889. The molecule has 0 saturated carbocycles. The average molecular weight is 303 g/mol. The lowest BCUT2D eigenvalue weighted by molar-refractivity contribution is -0.116. The van der Waals surface area contributed by atoms with Crippen molar-refractivity contribution in [1.82, 2.24) is 0 Å². The third kappa shape index (κ3) is 4.22. The molecule has 0 aliphatic rings. The maximum absolute atomic E-state index is 12.8. The van der Waals surface area contributed by atoms with Gasteiger partial charge in [-0.3, -0.25) is 4.79 Å². The van der Waals surface area contributed by atoms with Crippen LogP contribution in [0.25, 0.3) is 0 Å². The van der Waals surface area contributed by atoms with E-state index in [4.69, 9.17) is 9.47 Å². The van der Waals surface area contributed by atoms with E-state index >= 15 is 0 Å². The van der Waals surface area contributed by atoms with Crippen LogP contribution in [0.3, 0.4) is 0 Å². The van der Waals surface area contributed by atoms with Gasteiger partial charge in [0.05, 0.1) is 14.2 Å². The minimum atomic E-state index is -0.334. The van der Waals surface area contributed by atoms with E-state index in [2.05, 4.69) is 5.32 Å². The first-order valence-electron chi connectivity index (χ1n) is 6.88. The van der Waals surface area contributed by atoms with E-state index in [1.165, 1.54) is 24.3 Å². The van der Waals surface area contributed by atoms with Crippen molar-refractivity contribution < 1.29 is 18.7 Å². The fraction of sp³-hybridized carbons (Fsp3) is 0.235. The summed E-state index contributed by atoms with van der Waals surface area (Å²) in [4.78, 5) is 11.9. The minimum absolute atomic E-state index is 0.142. The van der Waals surface area contributed by atoms with Gasteiger partial charge in [-0.05, 0) is 54.4 Å². The molecule has 0 aliphatic carbocycles. The highest BCUT2D eigenvalue weighted by Crippen LogP contribution is 2.25. The zero-order chi connectivity index (χ0) is 15.9. The first-order valence-corrected chi connectivity index (χ1v) is 6.88. The molecule has 0 aliphatic heterocycles. The molecule has 0 bridgehead atoms. The molecule has 2 rings (SSSR count). The van der Waals surface area contributed by atoms with Crippen LogP contribution in [0, 0.1) is 5.82 Å². The van der Waals surface area contributed by atoms with E-state index in [1.54, 1.807) is 20.3 Å². The second kappa shape index (κ2) is 7.45. The Morgan fingerprint density at radius 3 is 2.45 bits per heavy atom. The Hall–Kier alpha value is -2.56. The number of hydrogen-bond donors (Lipinski definition) is 1. The first-order chi connectivity index (χ1) is 10.6. The summed E-state index contributed by atoms with van der Waals surface area (Å²) in [6.07, 6.45) is 0.814. The summed E-state index contributed by atoms with van der Waals surface area (Å²) in [6.45, 7) is 0. The molecule has 4 nitrogen and oxygen atoms in total. The van der Waals surface area contributed by atoms with Gasteiger partial charge in [0.1, 0.15) is 17.3 Å². The summed E-state index contributed by atoms with van der Waals surface area (Å²) in [5.74, 6) is 0.959. The molecule has 0 saturated heterocycles. The highest BCUT2D eigenvalue weighted by molar-refractivity contribution is 5.90. The normalized spacial score (nSPS) is 10.1. The summed E-state index contributed by atoms with van der Waals surface area (Å²) in [5.41, 5.74) is 1.47. The predicted molar refractivity (Wildman–Crippen MR) is 82.9 cm³/mol. The lowest BCUT2D eigenvalue weighted by atomic mass is 10.1. The standard InChI is InChI=1S/C17H18FNO3/c1-21-15-8-9-16(22-2)12(11-15)3-10-17(20)19-14-6-4-13(18)5-7-14/h4-9,11H,3,10H2,1-2H3,(H,19,20). The largest absolute Gasteiger partial charge is 0.497 e. The van der Waals surface area contributed by atoms with Gasteiger partial charge in [0.25, 0.3) is 0 Å². The highest BCUT2D eigenvalue weighted by atomic mass is 19.1. The van der Waals surface area contributed by atoms with Crippen molar-refractivity contribution in [3.63, 3.8) is 0 Å². The number of ether oxygens (including phenoxy) is 2. The van der Waals surface area contributed by atoms with Crippen molar-refractivity contribution in [2.45, 2.75) is 12.8 Å². The molecule has 0 unspecified atom stereocenters. The first kappa shape index (κ1) is 15.8. The zero-order valence-electron chi connectivity index (χ0n) is 12.6. The molecule has 0 spiro atoms. The number of anilines is 1. The van der Waals surface area contributed by atoms with Crippen LogP contribution < -0.4 is 14.8 Å². The van der Waals surface area contributed by atoms with Gasteiger partial charge in [-0.25, -0.2) is 4.39 Å². The fourth-order valence-electron chi connectivity index (χ4n) is 2.08. The molecule has 0 radical (unpaired) electrons. The van der Waals surface area contributed by atoms with Crippen LogP contribution in [-0.4, -0.2) is 20.1 Å². The third-order valence-corrected chi connectivity index (χ3v) is 3.24. The molecule has 0 heterocycles. The monoisotopic (exact) mass is 303 g/mol. The van der Waals surface area contributed by atoms with Gasteiger partial charge >= 0.3 is 0 Å². The van der Waals surface area contributed by atoms with Crippen molar-refractivity contribution in [2.24, 2.45) is 0 Å². The summed E-state index contributed by atoms with van der Waals surface area (Å²) >= 11 is 0. The Labute approximate surface area is 128 Å². The van der Waals surface area contributed by atoms with E-state index < -0.39 is 0 Å². The number of aryl methyl sites for hydroxylation is 1. The maximum atomic E-state index is 12.8. The molecular formula is C17H18FNO3. The Morgan fingerprint density at radius 1 is 1.09 bits per heavy atom. The van der Waals surface area contributed by atoms with Gasteiger partial charge in [-0.1, -0.05) is 0 Å². The van der Waals surface area contributed by atoms with Crippen molar-refractivity contribution in [3.8, 4) is 11.5 Å². The molecule has 116 valence electrons. The Kier molecular flexibility index (Phi) is 5.36. The number of rotatable bonds is 6. The zero-order valence-corrected chi connectivity index (χ0v) is 12.6. The Morgan fingerprint density at radius 2 is 1.82 bits per heavy atom. The molecule has 0 aromatic heterocycles. The molecular weight excluding hydrogens is 285 g/mol. The molecule has 0 fully saturated rings. The summed E-state index contributed by atoms with van der Waals surface area (Å²) < 4.78 is 23.3. The van der Waals surface area contributed by atoms with E-state index in [9.17, 15) is 9.18 Å². The molecule has 1 N–H and O–H groups in total. The van der Waals surface area contributed by atoms with Gasteiger partial charge in [-0.2, -0.15) is 0 Å². The van der Waals surface area contributed by atoms with Crippen LogP contribution in [0.4, 0.5) is 10.1 Å². The van der Waals surface area contributed by atoms with E-state index in [0.717, 1.165) is 17.1 Å². The van der Waals surface area contributed by atoms with Crippen LogP contribution in [0.5, 0.6) is 11.5 Å². The van der Waals surface area contributed by atoms with Crippen molar-refractivity contribution in [1.29, 1.82) is 0 Å². The topological polar surface area (TPSA) is 47.6 Å². The van der Waals surface area contributed by atoms with E-state index in [0.29, 0.717) is 18.5 Å². The van der Waals surface area contributed by atoms with Crippen molar-refractivity contribution >= 4 is 11.6 Å². The van der Waals surface area contributed by atoms with Crippen molar-refractivity contribution in [2.75, 3.05) is 19.5 Å². The average Bonchev–Trinajstić information content (AvgIpc) is 2.54. The smallest absolute Gasteiger partial charge is 0.224 e. The molecule has 2 aromatic carbocycles. The second-order valence-corrected chi connectivity index (χ2v) is 4.73. The number of benzene rings is 2. The number of methoxy groups -OCH3 is 2. The summed E-state index contributed by atoms with van der Waals surface area (Å²) in [6, 6.07) is 11.1. The van der Waals surface area contributed by atoms with Gasteiger partial charge in [0.15, 0.2) is 0 Å². The van der Waals surface area contributed by atoms with Crippen LogP contribution >= 0.6 is 0 Å². The van der Waals surface area contributed by atoms with Crippen LogP contribution in [0.15, 0.2) is 42.5 Å². The Bertz CT molecular complexity index is 641. The molecule has 2 aromatic rings. The highest BCUT2D eigenvalue weighted by Gasteiger charge is 2.08. The molecule has 5 heteroatoms. The van der Waals surface area contributed by atoms with Gasteiger partial charge in [0.2, 0.25) is 5.91 Å².